The summed E-state index contributed by atoms with van der Waals surface area (Å²) in [6.07, 6.45) is 0. The van der Waals surface area contributed by atoms with Gasteiger partial charge in [0.25, 0.3) is 0 Å². The molecule has 0 bridgehead atoms. The number of fused-ring (bicyclic) bond motifs is 1. The molecule has 2 aliphatic rings. The lowest BCUT2D eigenvalue weighted by Crippen LogP contribution is -2.13. The van der Waals surface area contributed by atoms with E-state index >= 15 is 0 Å². The van der Waals surface area contributed by atoms with Crippen LogP contribution in [0.25, 0.3) is 0 Å². The van der Waals surface area contributed by atoms with Gasteiger partial charge in [-0.05, 0) is 49.2 Å². The molecule has 2 aromatic rings. The van der Waals surface area contributed by atoms with Gasteiger partial charge in [-0.1, -0.05) is 23.8 Å². The predicted molar refractivity (Wildman–Crippen MR) is 90.0 cm³/mol. The van der Waals surface area contributed by atoms with Crippen molar-refractivity contribution in [2.45, 2.75) is 23.0 Å². The summed E-state index contributed by atoms with van der Waals surface area (Å²) >= 11 is 0. The van der Waals surface area contributed by atoms with Crippen molar-refractivity contribution in [3.63, 3.8) is 0 Å². The Morgan fingerprint density at radius 1 is 1.08 bits per heavy atom. The Balaban J connectivity index is 1.67. The molecule has 24 heavy (non-hydrogen) atoms. The Bertz CT molecular complexity index is 876. The van der Waals surface area contributed by atoms with E-state index in [0.29, 0.717) is 22.9 Å². The molecule has 3 atom stereocenters. The van der Waals surface area contributed by atoms with Crippen LogP contribution in [0.15, 0.2) is 47.4 Å². The number of hydrogen-bond donors (Lipinski definition) is 1. The van der Waals surface area contributed by atoms with Crippen LogP contribution in [-0.2, 0) is 9.84 Å². The molecule has 0 spiro atoms. The van der Waals surface area contributed by atoms with Gasteiger partial charge < -0.3 is 15.2 Å². The zero-order valence-electron chi connectivity index (χ0n) is 13.3. The maximum absolute atomic E-state index is 13.0. The lowest BCUT2D eigenvalue weighted by atomic mass is 10.1. The molecule has 0 radical (unpaired) electrons. The van der Waals surface area contributed by atoms with Crippen LogP contribution >= 0.6 is 0 Å². The number of aryl methyl sites for hydroxylation is 1. The van der Waals surface area contributed by atoms with Gasteiger partial charge in [0.2, 0.25) is 6.79 Å². The summed E-state index contributed by atoms with van der Waals surface area (Å²) in [7, 11) is -3.41. The number of sulfone groups is 1. The van der Waals surface area contributed by atoms with Gasteiger partial charge in [0, 0.05) is 5.92 Å². The van der Waals surface area contributed by atoms with E-state index in [9.17, 15) is 8.42 Å². The second-order valence-corrected chi connectivity index (χ2v) is 8.47. The zero-order valence-corrected chi connectivity index (χ0v) is 14.1. The molecule has 0 amide bonds. The molecule has 2 N–H and O–H groups in total. The summed E-state index contributed by atoms with van der Waals surface area (Å²) in [5.74, 6) is 1.19. The van der Waals surface area contributed by atoms with E-state index in [4.69, 9.17) is 15.2 Å². The van der Waals surface area contributed by atoms with Crippen molar-refractivity contribution < 1.29 is 17.9 Å². The molecule has 1 fully saturated rings. The van der Waals surface area contributed by atoms with Crippen LogP contribution < -0.4 is 15.2 Å². The first-order chi connectivity index (χ1) is 11.5. The molecule has 2 aromatic carbocycles. The second kappa shape index (κ2) is 5.50. The Morgan fingerprint density at radius 2 is 1.79 bits per heavy atom. The summed E-state index contributed by atoms with van der Waals surface area (Å²) in [6, 6.07) is 12.6. The summed E-state index contributed by atoms with van der Waals surface area (Å²) in [6.45, 7) is 2.48. The predicted octanol–water partition coefficient (Wildman–Crippen LogP) is 2.24. The van der Waals surface area contributed by atoms with Crippen LogP contribution in [-0.4, -0.2) is 27.0 Å². The van der Waals surface area contributed by atoms with Gasteiger partial charge >= 0.3 is 0 Å². The van der Waals surface area contributed by atoms with Crippen molar-refractivity contribution in [1.82, 2.24) is 0 Å². The molecule has 0 aromatic heterocycles. The minimum Gasteiger partial charge on any atom is -0.454 e. The highest BCUT2D eigenvalue weighted by atomic mass is 32.2. The topological polar surface area (TPSA) is 78.6 Å². The van der Waals surface area contributed by atoms with Gasteiger partial charge in [0.05, 0.1) is 10.1 Å². The molecule has 126 valence electrons. The molecule has 6 heteroatoms. The van der Waals surface area contributed by atoms with Gasteiger partial charge in [0.15, 0.2) is 21.3 Å². The fourth-order valence-electron chi connectivity index (χ4n) is 3.49. The molecular formula is C18H19NO4S. The highest BCUT2D eigenvalue weighted by molar-refractivity contribution is 7.92. The van der Waals surface area contributed by atoms with Gasteiger partial charge in [-0.3, -0.25) is 0 Å². The molecule has 0 saturated heterocycles. The molecule has 5 nitrogen and oxygen atoms in total. The van der Waals surface area contributed by atoms with Crippen LogP contribution in [0.2, 0.25) is 0 Å². The number of benzene rings is 2. The number of rotatable bonds is 4. The van der Waals surface area contributed by atoms with E-state index in [2.05, 4.69) is 0 Å². The van der Waals surface area contributed by atoms with Gasteiger partial charge in [-0.15, -0.1) is 0 Å². The van der Waals surface area contributed by atoms with Crippen molar-refractivity contribution in [3.05, 3.63) is 53.6 Å². The molecule has 1 aliphatic carbocycles. The van der Waals surface area contributed by atoms with E-state index in [1.807, 2.05) is 37.3 Å². The largest absolute Gasteiger partial charge is 0.454 e. The molecule has 1 aliphatic heterocycles. The maximum Gasteiger partial charge on any atom is 0.231 e. The third-order valence-electron chi connectivity index (χ3n) is 4.86. The number of nitrogens with two attached hydrogens (primary N) is 1. The van der Waals surface area contributed by atoms with Crippen molar-refractivity contribution >= 4 is 9.84 Å². The van der Waals surface area contributed by atoms with Gasteiger partial charge in [-0.25, -0.2) is 8.42 Å². The van der Waals surface area contributed by atoms with E-state index in [-0.39, 0.29) is 18.6 Å². The van der Waals surface area contributed by atoms with Crippen molar-refractivity contribution in [2.75, 3.05) is 13.3 Å². The highest BCUT2D eigenvalue weighted by Crippen LogP contribution is 2.54. The Labute approximate surface area is 141 Å². The van der Waals surface area contributed by atoms with Crippen LogP contribution in [0.5, 0.6) is 11.5 Å². The third kappa shape index (κ3) is 2.37. The van der Waals surface area contributed by atoms with Crippen LogP contribution in [0.4, 0.5) is 0 Å². The Kier molecular flexibility index (Phi) is 3.54. The average molecular weight is 345 g/mol. The van der Waals surface area contributed by atoms with E-state index in [1.165, 1.54) is 0 Å². The molecule has 0 unspecified atom stereocenters. The number of ether oxygens (including phenoxy) is 2. The fourth-order valence-corrected chi connectivity index (χ4v) is 5.71. The monoisotopic (exact) mass is 345 g/mol. The summed E-state index contributed by atoms with van der Waals surface area (Å²) in [5, 5.41) is -0.481. The highest BCUT2D eigenvalue weighted by Gasteiger charge is 2.58. The van der Waals surface area contributed by atoms with Gasteiger partial charge in [0.1, 0.15) is 0 Å². The lowest BCUT2D eigenvalue weighted by molar-refractivity contribution is 0.174. The van der Waals surface area contributed by atoms with Crippen molar-refractivity contribution in [3.8, 4) is 11.5 Å². The Hall–Kier alpha value is -2.05. The first kappa shape index (κ1) is 15.5. The van der Waals surface area contributed by atoms with E-state index in [0.717, 1.165) is 11.1 Å². The van der Waals surface area contributed by atoms with Crippen molar-refractivity contribution in [2.24, 2.45) is 11.7 Å². The first-order valence-corrected chi connectivity index (χ1v) is 9.47. The SMILES string of the molecule is Cc1ccc(S(=O)(=O)[C@@H]2[C@H](CN)[C@H]2c2ccc3c(c2)OCO3)cc1. The van der Waals surface area contributed by atoms with E-state index < -0.39 is 15.1 Å². The first-order valence-electron chi connectivity index (χ1n) is 7.92. The zero-order chi connectivity index (χ0) is 16.9. The molecule has 1 heterocycles. The summed E-state index contributed by atoms with van der Waals surface area (Å²) in [5.41, 5.74) is 7.82. The average Bonchev–Trinajstić information content (AvgIpc) is 3.15. The maximum atomic E-state index is 13.0. The molecule has 4 rings (SSSR count). The molecular weight excluding hydrogens is 326 g/mol. The smallest absolute Gasteiger partial charge is 0.231 e. The third-order valence-corrected chi connectivity index (χ3v) is 7.15. The van der Waals surface area contributed by atoms with Crippen molar-refractivity contribution in [1.29, 1.82) is 0 Å². The van der Waals surface area contributed by atoms with Crippen LogP contribution in [0.1, 0.15) is 17.0 Å². The Morgan fingerprint density at radius 3 is 2.50 bits per heavy atom. The number of hydrogen-bond acceptors (Lipinski definition) is 5. The van der Waals surface area contributed by atoms with E-state index in [1.54, 1.807) is 12.1 Å². The second-order valence-electron chi connectivity index (χ2n) is 6.36. The lowest BCUT2D eigenvalue weighted by Gasteiger charge is -2.05. The minimum absolute atomic E-state index is 0.0725. The fraction of sp³-hybridized carbons (Fsp3) is 0.333. The summed E-state index contributed by atoms with van der Waals surface area (Å²) < 4.78 is 36.7. The van der Waals surface area contributed by atoms with Gasteiger partial charge in [-0.2, -0.15) is 0 Å². The van der Waals surface area contributed by atoms with Crippen LogP contribution in [0.3, 0.4) is 0 Å². The quantitative estimate of drug-likeness (QED) is 0.919. The minimum atomic E-state index is -3.41. The summed E-state index contributed by atoms with van der Waals surface area (Å²) in [4.78, 5) is 0.361. The standard InChI is InChI=1S/C18H19NO4S/c1-11-2-5-13(6-3-11)24(20,21)18-14(9-19)17(18)12-4-7-15-16(8-12)23-10-22-15/h2-8,14,17-18H,9-10,19H2,1H3/t14-,17-,18-/m1/s1. The van der Waals surface area contributed by atoms with Crippen LogP contribution in [0, 0.1) is 12.8 Å². The molecule has 1 saturated carbocycles. The normalized spacial score (nSPS) is 24.8.